The van der Waals surface area contributed by atoms with Crippen LogP contribution in [0.1, 0.15) is 28.2 Å². The van der Waals surface area contributed by atoms with E-state index in [0.717, 1.165) is 41.7 Å². The Morgan fingerprint density at radius 3 is 2.76 bits per heavy atom. The zero-order valence-corrected chi connectivity index (χ0v) is 12.3. The van der Waals surface area contributed by atoms with E-state index in [-0.39, 0.29) is 5.91 Å². The molecule has 7 heteroatoms. The highest BCUT2D eigenvalue weighted by atomic mass is 32.1. The van der Waals surface area contributed by atoms with E-state index in [0.29, 0.717) is 11.4 Å². The van der Waals surface area contributed by atoms with Gasteiger partial charge in [0.05, 0.1) is 18.1 Å². The molecule has 2 aliphatic heterocycles. The lowest BCUT2D eigenvalue weighted by atomic mass is 10.2. The number of aromatic nitrogens is 3. The van der Waals surface area contributed by atoms with Gasteiger partial charge in [-0.3, -0.25) is 4.79 Å². The van der Waals surface area contributed by atoms with Gasteiger partial charge in [0.1, 0.15) is 21.4 Å². The number of carbonyl (C=O) groups is 1. The molecule has 1 N–H and O–H groups in total. The topological polar surface area (TPSA) is 71.0 Å². The lowest BCUT2D eigenvalue weighted by Crippen LogP contribution is -2.30. The van der Waals surface area contributed by atoms with Crippen LogP contribution >= 0.6 is 11.3 Å². The van der Waals surface area contributed by atoms with Crippen molar-refractivity contribution < 1.29 is 4.79 Å². The van der Waals surface area contributed by atoms with Crippen LogP contribution in [0.3, 0.4) is 0 Å². The van der Waals surface area contributed by atoms with E-state index in [1.807, 2.05) is 0 Å². The molecule has 0 saturated carbocycles. The molecule has 0 radical (unpaired) electrons. The minimum absolute atomic E-state index is 0.0263. The van der Waals surface area contributed by atoms with Crippen LogP contribution in [-0.2, 0) is 6.42 Å². The highest BCUT2D eigenvalue weighted by molar-refractivity contribution is 7.17. The van der Waals surface area contributed by atoms with E-state index in [1.165, 1.54) is 24.2 Å². The summed E-state index contributed by atoms with van der Waals surface area (Å²) in [5.74, 6) is 0.900. The number of rotatable bonds is 2. The maximum Gasteiger partial charge on any atom is 0.263 e. The fourth-order valence-corrected chi connectivity index (χ4v) is 3.71. The first kappa shape index (κ1) is 12.7. The summed E-state index contributed by atoms with van der Waals surface area (Å²) in [6, 6.07) is 0. The molecule has 108 valence electrons. The fourth-order valence-electron chi connectivity index (χ4n) is 2.72. The van der Waals surface area contributed by atoms with E-state index in [2.05, 4.69) is 25.2 Å². The van der Waals surface area contributed by atoms with Gasteiger partial charge in [0.2, 0.25) is 0 Å². The van der Waals surface area contributed by atoms with Crippen molar-refractivity contribution in [3.63, 3.8) is 0 Å². The Kier molecular flexibility index (Phi) is 3.07. The molecule has 0 aliphatic carbocycles. The molecule has 0 unspecified atom stereocenters. The van der Waals surface area contributed by atoms with Gasteiger partial charge in [-0.25, -0.2) is 15.0 Å². The van der Waals surface area contributed by atoms with Crippen LogP contribution < -0.4 is 10.2 Å². The average Bonchev–Trinajstić information content (AvgIpc) is 3.18. The number of fused-ring (bicyclic) bond motifs is 1. The normalized spacial score (nSPS) is 17.7. The van der Waals surface area contributed by atoms with Crippen molar-refractivity contribution in [3.05, 3.63) is 23.0 Å². The summed E-state index contributed by atoms with van der Waals surface area (Å²) in [7, 11) is 0. The Balaban J connectivity index is 1.63. The minimum atomic E-state index is -0.0263. The van der Waals surface area contributed by atoms with Crippen molar-refractivity contribution in [2.45, 2.75) is 19.3 Å². The summed E-state index contributed by atoms with van der Waals surface area (Å²) >= 11 is 1.40. The molecule has 4 rings (SSSR count). The quantitative estimate of drug-likeness (QED) is 0.910. The van der Waals surface area contributed by atoms with E-state index >= 15 is 0 Å². The maximum atomic E-state index is 11.8. The van der Waals surface area contributed by atoms with Crippen LogP contribution in [0.5, 0.6) is 0 Å². The predicted molar refractivity (Wildman–Crippen MR) is 80.6 cm³/mol. The highest BCUT2D eigenvalue weighted by Gasteiger charge is 2.23. The van der Waals surface area contributed by atoms with Crippen molar-refractivity contribution in [2.24, 2.45) is 0 Å². The van der Waals surface area contributed by atoms with Gasteiger partial charge >= 0.3 is 0 Å². The van der Waals surface area contributed by atoms with Gasteiger partial charge in [-0.1, -0.05) is 0 Å². The molecule has 21 heavy (non-hydrogen) atoms. The third-order valence-electron chi connectivity index (χ3n) is 3.84. The van der Waals surface area contributed by atoms with Gasteiger partial charge in [0, 0.05) is 26.1 Å². The maximum absolute atomic E-state index is 11.8. The summed E-state index contributed by atoms with van der Waals surface area (Å²) in [5.41, 5.74) is 1.62. The molecule has 2 aromatic rings. The fraction of sp³-hybridized carbons (Fsp3) is 0.429. The van der Waals surface area contributed by atoms with Crippen LogP contribution in [0.25, 0.3) is 10.7 Å². The van der Waals surface area contributed by atoms with Gasteiger partial charge in [0.15, 0.2) is 0 Å². The molecule has 0 bridgehead atoms. The SMILES string of the molecule is O=C1NCCc2nc(-c3cnc(N4CCCC4)cn3)sc21. The Morgan fingerprint density at radius 1 is 1.19 bits per heavy atom. The molecular weight excluding hydrogens is 286 g/mol. The largest absolute Gasteiger partial charge is 0.355 e. The van der Waals surface area contributed by atoms with E-state index in [4.69, 9.17) is 0 Å². The van der Waals surface area contributed by atoms with Crippen LogP contribution in [-0.4, -0.2) is 40.5 Å². The van der Waals surface area contributed by atoms with Gasteiger partial charge in [-0.15, -0.1) is 11.3 Å². The van der Waals surface area contributed by atoms with Crippen LogP contribution in [0.15, 0.2) is 12.4 Å². The van der Waals surface area contributed by atoms with Gasteiger partial charge < -0.3 is 10.2 Å². The number of hydrogen-bond donors (Lipinski definition) is 1. The third-order valence-corrected chi connectivity index (χ3v) is 4.96. The first-order valence-electron chi connectivity index (χ1n) is 7.16. The second-order valence-corrected chi connectivity index (χ2v) is 6.25. The molecule has 2 aliphatic rings. The Hall–Kier alpha value is -2.02. The Labute approximate surface area is 126 Å². The number of anilines is 1. The molecule has 0 aromatic carbocycles. The average molecular weight is 301 g/mol. The summed E-state index contributed by atoms with van der Waals surface area (Å²) in [6.45, 7) is 2.77. The Morgan fingerprint density at radius 2 is 2.05 bits per heavy atom. The lowest BCUT2D eigenvalue weighted by Gasteiger charge is -2.15. The van der Waals surface area contributed by atoms with E-state index < -0.39 is 0 Å². The zero-order valence-electron chi connectivity index (χ0n) is 11.5. The van der Waals surface area contributed by atoms with Gasteiger partial charge in [-0.2, -0.15) is 0 Å². The number of carbonyl (C=O) groups excluding carboxylic acids is 1. The standard InChI is InChI=1S/C14H15N5OS/c20-13-12-9(3-4-15-13)18-14(21-12)10-7-17-11(8-16-10)19-5-1-2-6-19/h7-8H,1-6H2,(H,15,20). The molecule has 0 spiro atoms. The second-order valence-electron chi connectivity index (χ2n) is 5.25. The summed E-state index contributed by atoms with van der Waals surface area (Å²) in [5, 5.41) is 3.61. The molecule has 1 saturated heterocycles. The highest BCUT2D eigenvalue weighted by Crippen LogP contribution is 2.29. The van der Waals surface area contributed by atoms with Gasteiger partial charge in [-0.05, 0) is 12.8 Å². The van der Waals surface area contributed by atoms with Crippen LogP contribution in [0.4, 0.5) is 5.82 Å². The number of thiazole rings is 1. The molecule has 4 heterocycles. The first-order valence-corrected chi connectivity index (χ1v) is 7.98. The van der Waals surface area contributed by atoms with E-state index in [1.54, 1.807) is 12.4 Å². The first-order chi connectivity index (χ1) is 10.3. The summed E-state index contributed by atoms with van der Waals surface area (Å²) in [6.07, 6.45) is 6.79. The van der Waals surface area contributed by atoms with Gasteiger partial charge in [0.25, 0.3) is 5.91 Å². The predicted octanol–water partition coefficient (Wildman–Crippen LogP) is 1.49. The number of amides is 1. The molecule has 1 amide bonds. The molecule has 0 atom stereocenters. The van der Waals surface area contributed by atoms with Crippen molar-refractivity contribution >= 4 is 23.1 Å². The zero-order chi connectivity index (χ0) is 14.2. The second kappa shape index (κ2) is 5.07. The lowest BCUT2D eigenvalue weighted by molar-refractivity contribution is 0.0950. The number of hydrogen-bond acceptors (Lipinski definition) is 6. The molecule has 6 nitrogen and oxygen atoms in total. The molecule has 2 aromatic heterocycles. The summed E-state index contributed by atoms with van der Waals surface area (Å²) in [4.78, 5) is 28.2. The minimum Gasteiger partial charge on any atom is -0.355 e. The Bertz CT molecular complexity index is 675. The monoisotopic (exact) mass is 301 g/mol. The third kappa shape index (κ3) is 2.27. The molecule has 1 fully saturated rings. The van der Waals surface area contributed by atoms with Crippen molar-refractivity contribution in [2.75, 3.05) is 24.5 Å². The van der Waals surface area contributed by atoms with Crippen LogP contribution in [0.2, 0.25) is 0 Å². The van der Waals surface area contributed by atoms with Crippen molar-refractivity contribution in [1.29, 1.82) is 0 Å². The van der Waals surface area contributed by atoms with Crippen molar-refractivity contribution in [1.82, 2.24) is 20.3 Å². The molecular formula is C14H15N5OS. The van der Waals surface area contributed by atoms with Crippen LogP contribution in [0, 0.1) is 0 Å². The van der Waals surface area contributed by atoms with E-state index in [9.17, 15) is 4.79 Å². The van der Waals surface area contributed by atoms with Crippen molar-refractivity contribution in [3.8, 4) is 10.7 Å². The smallest absolute Gasteiger partial charge is 0.263 e. The number of nitrogens with one attached hydrogen (secondary N) is 1. The number of nitrogens with zero attached hydrogens (tertiary/aromatic N) is 4. The summed E-state index contributed by atoms with van der Waals surface area (Å²) < 4.78 is 0.